The Labute approximate surface area is 208 Å². The number of hydrogen-bond acceptors (Lipinski definition) is 6. The van der Waals surface area contributed by atoms with Crippen LogP contribution in [0.2, 0.25) is 0 Å². The third-order valence-corrected chi connectivity index (χ3v) is 6.88. The summed E-state index contributed by atoms with van der Waals surface area (Å²) in [4.78, 5) is 16.8. The first-order chi connectivity index (χ1) is 17.0. The highest BCUT2D eigenvalue weighted by Crippen LogP contribution is 2.37. The molecule has 2 aromatic heterocycles. The van der Waals surface area contributed by atoms with E-state index in [2.05, 4.69) is 9.71 Å². The number of anilines is 1. The van der Waals surface area contributed by atoms with Gasteiger partial charge < -0.3 is 5.11 Å². The fraction of sp³-hybridized carbons (Fsp3) is 0.130. The van der Waals surface area contributed by atoms with Crippen molar-refractivity contribution in [2.45, 2.75) is 22.7 Å². The van der Waals surface area contributed by atoms with Crippen LogP contribution in [0.3, 0.4) is 0 Å². The Morgan fingerprint density at radius 2 is 1.69 bits per heavy atom. The van der Waals surface area contributed by atoms with Crippen molar-refractivity contribution >= 4 is 27.6 Å². The van der Waals surface area contributed by atoms with Gasteiger partial charge in [-0.05, 0) is 59.3 Å². The average Bonchev–Trinajstić information content (AvgIpc) is 3.06. The van der Waals surface area contributed by atoms with Gasteiger partial charge in [0.05, 0.1) is 24.2 Å². The van der Waals surface area contributed by atoms with Crippen molar-refractivity contribution in [3.05, 3.63) is 101 Å². The minimum Gasteiger partial charge on any atom is -0.493 e. The number of nitrogens with zero attached hydrogens (tertiary/aromatic N) is 3. The highest BCUT2D eigenvalue weighted by atomic mass is 32.2. The maximum atomic E-state index is 12.9. The Morgan fingerprint density at radius 3 is 2.36 bits per heavy atom. The number of aromatic nitrogens is 3. The molecule has 0 spiro atoms. The summed E-state index contributed by atoms with van der Waals surface area (Å²) >= 11 is -0.284. The van der Waals surface area contributed by atoms with Gasteiger partial charge in [0.15, 0.2) is 0 Å². The molecule has 0 amide bonds. The van der Waals surface area contributed by atoms with Crippen LogP contribution in [0.5, 0.6) is 5.88 Å². The molecular weight excluding hydrogens is 517 g/mol. The van der Waals surface area contributed by atoms with Crippen LogP contribution in [0, 0.1) is 0 Å². The van der Waals surface area contributed by atoms with Crippen LogP contribution in [0.4, 0.5) is 19.0 Å². The highest BCUT2D eigenvalue weighted by Gasteiger charge is 2.29. The van der Waals surface area contributed by atoms with Gasteiger partial charge in [0, 0.05) is 11.1 Å². The van der Waals surface area contributed by atoms with E-state index in [0.29, 0.717) is 11.1 Å². The summed E-state index contributed by atoms with van der Waals surface area (Å²) in [6.07, 6.45) is 2.56. The zero-order valence-electron chi connectivity index (χ0n) is 18.4. The molecule has 0 aliphatic carbocycles. The first-order valence-corrected chi connectivity index (χ1v) is 12.8. The summed E-state index contributed by atoms with van der Waals surface area (Å²) in [6, 6.07) is 16.7. The SMILES string of the molecule is O=c1n(Cc2ccnc(NS(=O)(=O)Cc3ccccc3)c2)cc(O)n1-c1ccc(SC(F)(F)F)cc1. The predicted octanol–water partition coefficient (Wildman–Crippen LogP) is 4.34. The summed E-state index contributed by atoms with van der Waals surface area (Å²) < 4.78 is 67.2. The normalized spacial score (nSPS) is 12.0. The molecule has 4 aromatic rings. The molecule has 0 unspecified atom stereocenters. The van der Waals surface area contributed by atoms with E-state index in [1.54, 1.807) is 36.4 Å². The van der Waals surface area contributed by atoms with E-state index >= 15 is 0 Å². The highest BCUT2D eigenvalue weighted by molar-refractivity contribution is 8.00. The summed E-state index contributed by atoms with van der Waals surface area (Å²) in [5.41, 5.74) is -3.75. The number of alkyl halides is 3. The summed E-state index contributed by atoms with van der Waals surface area (Å²) in [5, 5.41) is 10.3. The number of halogens is 3. The van der Waals surface area contributed by atoms with Crippen molar-refractivity contribution < 1.29 is 26.7 Å². The summed E-state index contributed by atoms with van der Waals surface area (Å²) in [7, 11) is -3.74. The van der Waals surface area contributed by atoms with Crippen LogP contribution in [0.25, 0.3) is 5.69 Å². The molecular formula is C23H19F3N4O4S2. The van der Waals surface area contributed by atoms with E-state index in [1.165, 1.54) is 47.3 Å². The number of hydrogen-bond donors (Lipinski definition) is 2. The number of aromatic hydroxyl groups is 1. The van der Waals surface area contributed by atoms with Crippen LogP contribution in [-0.2, 0) is 22.3 Å². The second-order valence-electron chi connectivity index (χ2n) is 7.67. The lowest BCUT2D eigenvalue weighted by atomic mass is 10.2. The standard InChI is InChI=1S/C23H19F3N4O4S2/c24-23(25,26)35-19-8-6-18(7-9-19)30-21(31)14-29(22(30)32)13-17-10-11-27-20(12-17)28-36(33,34)15-16-4-2-1-3-5-16/h1-12,14,31H,13,15H2,(H,27,28). The first kappa shape index (κ1) is 25.4. The monoisotopic (exact) mass is 536 g/mol. The minimum atomic E-state index is -4.44. The molecule has 36 heavy (non-hydrogen) atoms. The number of pyridine rings is 1. The zero-order chi connectivity index (χ0) is 25.9. The van der Waals surface area contributed by atoms with Crippen LogP contribution in [0.1, 0.15) is 11.1 Å². The molecule has 0 aliphatic heterocycles. The van der Waals surface area contributed by atoms with Gasteiger partial charge in [-0.3, -0.25) is 9.29 Å². The Balaban J connectivity index is 1.51. The lowest BCUT2D eigenvalue weighted by molar-refractivity contribution is -0.0328. The van der Waals surface area contributed by atoms with E-state index in [1.807, 2.05) is 0 Å². The van der Waals surface area contributed by atoms with Crippen LogP contribution in [-0.4, -0.2) is 33.2 Å². The van der Waals surface area contributed by atoms with E-state index in [0.717, 1.165) is 4.57 Å². The topological polar surface area (TPSA) is 106 Å². The largest absolute Gasteiger partial charge is 0.493 e. The van der Waals surface area contributed by atoms with Crippen LogP contribution < -0.4 is 10.4 Å². The lowest BCUT2D eigenvalue weighted by Crippen LogP contribution is -2.23. The second-order valence-corrected chi connectivity index (χ2v) is 10.5. The molecule has 0 fully saturated rings. The Kier molecular flexibility index (Phi) is 7.13. The minimum absolute atomic E-state index is 0.0165. The number of sulfonamides is 1. The van der Waals surface area contributed by atoms with Gasteiger partial charge >= 0.3 is 11.2 Å². The molecule has 0 aliphatic rings. The van der Waals surface area contributed by atoms with E-state index in [-0.39, 0.29) is 40.5 Å². The first-order valence-electron chi connectivity index (χ1n) is 10.4. The van der Waals surface area contributed by atoms with Gasteiger partial charge in [-0.25, -0.2) is 22.8 Å². The van der Waals surface area contributed by atoms with E-state index in [9.17, 15) is 31.5 Å². The van der Waals surface area contributed by atoms with Gasteiger partial charge in [0.2, 0.25) is 15.9 Å². The molecule has 2 N–H and O–H groups in total. The van der Waals surface area contributed by atoms with Crippen molar-refractivity contribution in [3.63, 3.8) is 0 Å². The maximum absolute atomic E-state index is 12.9. The predicted molar refractivity (Wildman–Crippen MR) is 130 cm³/mol. The van der Waals surface area contributed by atoms with Crippen molar-refractivity contribution in [2.24, 2.45) is 0 Å². The quantitative estimate of drug-likeness (QED) is 0.325. The summed E-state index contributed by atoms with van der Waals surface area (Å²) in [6.45, 7) is -0.0165. The van der Waals surface area contributed by atoms with Crippen molar-refractivity contribution in [1.82, 2.24) is 14.1 Å². The smallest absolute Gasteiger partial charge is 0.446 e. The van der Waals surface area contributed by atoms with Gasteiger partial charge in [-0.1, -0.05) is 30.3 Å². The Morgan fingerprint density at radius 1 is 1.00 bits per heavy atom. The number of thioether (sulfide) groups is 1. The van der Waals surface area contributed by atoms with E-state index < -0.39 is 27.1 Å². The third-order valence-electron chi connectivity index (χ3n) is 4.90. The molecule has 2 heterocycles. The number of rotatable bonds is 8. The molecule has 188 valence electrons. The molecule has 8 nitrogen and oxygen atoms in total. The average molecular weight is 537 g/mol. The molecule has 13 heteroatoms. The fourth-order valence-electron chi connectivity index (χ4n) is 3.45. The number of benzene rings is 2. The Bertz CT molecular complexity index is 1520. The van der Waals surface area contributed by atoms with Gasteiger partial charge in [0.25, 0.3) is 0 Å². The molecule has 4 rings (SSSR count). The lowest BCUT2D eigenvalue weighted by Gasteiger charge is -2.09. The molecule has 0 atom stereocenters. The molecule has 0 saturated heterocycles. The molecule has 0 saturated carbocycles. The Hall–Kier alpha value is -3.71. The van der Waals surface area contributed by atoms with Crippen LogP contribution >= 0.6 is 11.8 Å². The molecule has 2 aromatic carbocycles. The molecule has 0 bridgehead atoms. The second kappa shape index (κ2) is 10.1. The van der Waals surface area contributed by atoms with Gasteiger partial charge in [-0.15, -0.1) is 0 Å². The van der Waals surface area contributed by atoms with Gasteiger partial charge in [0.1, 0.15) is 5.82 Å². The maximum Gasteiger partial charge on any atom is 0.446 e. The molecule has 0 radical (unpaired) electrons. The van der Waals surface area contributed by atoms with Crippen LogP contribution in [0.15, 0.2) is 88.8 Å². The van der Waals surface area contributed by atoms with E-state index in [4.69, 9.17) is 0 Å². The fourth-order valence-corrected chi connectivity index (χ4v) is 5.12. The summed E-state index contributed by atoms with van der Waals surface area (Å²) in [5.74, 6) is -0.581. The third kappa shape index (κ3) is 6.49. The van der Waals surface area contributed by atoms with Crippen molar-refractivity contribution in [1.29, 1.82) is 0 Å². The zero-order valence-corrected chi connectivity index (χ0v) is 20.0. The van der Waals surface area contributed by atoms with Crippen molar-refractivity contribution in [2.75, 3.05) is 4.72 Å². The van der Waals surface area contributed by atoms with Gasteiger partial charge in [-0.2, -0.15) is 13.2 Å². The van der Waals surface area contributed by atoms with Crippen molar-refractivity contribution in [3.8, 4) is 11.6 Å². The number of imidazole rings is 1. The number of nitrogens with one attached hydrogen (secondary N) is 1.